The Morgan fingerprint density at radius 3 is 2.24 bits per heavy atom. The van der Waals surface area contributed by atoms with E-state index in [0.717, 1.165) is 11.3 Å². The summed E-state index contributed by atoms with van der Waals surface area (Å²) in [5.41, 5.74) is 1.60. The molecule has 2 amide bonds. The number of hydrogen-bond acceptors (Lipinski definition) is 3. The molecule has 0 spiro atoms. The van der Waals surface area contributed by atoms with Gasteiger partial charge >= 0.3 is 0 Å². The van der Waals surface area contributed by atoms with Crippen LogP contribution in [0.3, 0.4) is 0 Å². The van der Waals surface area contributed by atoms with Crippen molar-refractivity contribution in [3.8, 4) is 0 Å². The van der Waals surface area contributed by atoms with E-state index >= 15 is 0 Å². The van der Waals surface area contributed by atoms with Crippen LogP contribution in [0.2, 0.25) is 5.02 Å². The second-order valence-electron chi connectivity index (χ2n) is 8.01. The van der Waals surface area contributed by atoms with Crippen LogP contribution >= 0.6 is 11.6 Å². The standard InChI is InChI=1S/C23H22ClFN2O2/c1-14-10-15(2)13-26(12-14)21-20(16-6-8-17(24)9-7-16)22(28)27(23(21)29)19-5-3-4-18(25)11-19/h3-9,11,14-15H,10,12-13H2,1-2H3. The molecule has 2 atom stereocenters. The SMILES string of the molecule is CC1CC(C)CN(C2=C(c3ccc(Cl)cc3)C(=O)N(c3cccc(F)c3)C2=O)C1. The highest BCUT2D eigenvalue weighted by atomic mass is 35.5. The van der Waals surface area contributed by atoms with Gasteiger partial charge in [0.2, 0.25) is 0 Å². The molecule has 29 heavy (non-hydrogen) atoms. The molecule has 0 N–H and O–H groups in total. The number of piperidine rings is 1. The van der Waals surface area contributed by atoms with E-state index in [9.17, 15) is 14.0 Å². The Balaban J connectivity index is 1.84. The zero-order valence-electron chi connectivity index (χ0n) is 16.4. The van der Waals surface area contributed by atoms with E-state index in [0.29, 0.717) is 46.8 Å². The Bertz CT molecular complexity index is 992. The lowest BCUT2D eigenvalue weighted by Crippen LogP contribution is -2.42. The van der Waals surface area contributed by atoms with E-state index in [1.54, 1.807) is 30.3 Å². The lowest BCUT2D eigenvalue weighted by atomic mass is 9.91. The molecule has 1 saturated heterocycles. The lowest BCUT2D eigenvalue weighted by molar-refractivity contribution is -0.120. The van der Waals surface area contributed by atoms with Crippen LogP contribution in [0.4, 0.5) is 10.1 Å². The van der Waals surface area contributed by atoms with Gasteiger partial charge in [-0.25, -0.2) is 9.29 Å². The summed E-state index contributed by atoms with van der Waals surface area (Å²) in [6.07, 6.45) is 1.08. The fourth-order valence-electron chi connectivity index (χ4n) is 4.38. The number of carbonyl (C=O) groups is 2. The molecule has 0 aromatic heterocycles. The van der Waals surface area contributed by atoms with Gasteiger partial charge < -0.3 is 4.90 Å². The average molecular weight is 413 g/mol. The molecular weight excluding hydrogens is 391 g/mol. The third kappa shape index (κ3) is 3.67. The quantitative estimate of drug-likeness (QED) is 0.683. The van der Waals surface area contributed by atoms with Gasteiger partial charge in [0, 0.05) is 18.1 Å². The molecule has 0 saturated carbocycles. The Morgan fingerprint density at radius 2 is 1.62 bits per heavy atom. The first-order chi connectivity index (χ1) is 13.8. The Kier molecular flexibility index (Phi) is 5.17. The first-order valence-electron chi connectivity index (χ1n) is 9.74. The minimum absolute atomic E-state index is 0.236. The highest BCUT2D eigenvalue weighted by molar-refractivity contribution is 6.45. The summed E-state index contributed by atoms with van der Waals surface area (Å²) >= 11 is 6.02. The zero-order chi connectivity index (χ0) is 20.7. The van der Waals surface area contributed by atoms with Crippen molar-refractivity contribution >= 4 is 34.7 Å². The third-order valence-corrected chi connectivity index (χ3v) is 5.70. The number of halogens is 2. The second-order valence-corrected chi connectivity index (χ2v) is 8.44. The predicted octanol–water partition coefficient (Wildman–Crippen LogP) is 4.74. The summed E-state index contributed by atoms with van der Waals surface area (Å²) in [5, 5.41) is 0.551. The van der Waals surface area contributed by atoms with Crippen molar-refractivity contribution in [3.63, 3.8) is 0 Å². The Morgan fingerprint density at radius 1 is 0.966 bits per heavy atom. The maximum atomic E-state index is 13.8. The smallest absolute Gasteiger partial charge is 0.282 e. The number of likely N-dealkylation sites (tertiary alicyclic amines) is 1. The van der Waals surface area contributed by atoms with E-state index in [-0.39, 0.29) is 5.69 Å². The van der Waals surface area contributed by atoms with Gasteiger partial charge in [-0.2, -0.15) is 0 Å². The zero-order valence-corrected chi connectivity index (χ0v) is 17.1. The van der Waals surface area contributed by atoms with Gasteiger partial charge in [0.1, 0.15) is 11.5 Å². The average Bonchev–Trinajstić information content (AvgIpc) is 2.92. The molecule has 4 nitrogen and oxygen atoms in total. The molecule has 2 aromatic rings. The van der Waals surface area contributed by atoms with Gasteiger partial charge in [-0.05, 0) is 54.2 Å². The number of hydrogen-bond donors (Lipinski definition) is 0. The Hall–Kier alpha value is -2.66. The molecule has 2 unspecified atom stereocenters. The van der Waals surface area contributed by atoms with Crippen LogP contribution in [0.1, 0.15) is 25.8 Å². The van der Waals surface area contributed by atoms with Gasteiger partial charge in [0.15, 0.2) is 0 Å². The monoisotopic (exact) mass is 412 g/mol. The number of benzene rings is 2. The number of rotatable bonds is 3. The fraction of sp³-hybridized carbons (Fsp3) is 0.304. The third-order valence-electron chi connectivity index (χ3n) is 5.44. The molecule has 0 radical (unpaired) electrons. The molecule has 2 heterocycles. The van der Waals surface area contributed by atoms with Crippen LogP contribution in [0, 0.1) is 17.7 Å². The number of amides is 2. The highest BCUT2D eigenvalue weighted by Crippen LogP contribution is 2.37. The molecule has 2 aliphatic heterocycles. The summed E-state index contributed by atoms with van der Waals surface area (Å²) in [6, 6.07) is 12.5. The van der Waals surface area contributed by atoms with Crippen molar-refractivity contribution in [1.82, 2.24) is 4.90 Å². The summed E-state index contributed by atoms with van der Waals surface area (Å²) in [7, 11) is 0. The number of anilines is 1. The number of nitrogens with zero attached hydrogens (tertiary/aromatic N) is 2. The minimum Gasteiger partial charge on any atom is -0.366 e. The van der Waals surface area contributed by atoms with Gasteiger partial charge in [-0.15, -0.1) is 0 Å². The van der Waals surface area contributed by atoms with Gasteiger partial charge in [-0.1, -0.05) is 43.6 Å². The fourth-order valence-corrected chi connectivity index (χ4v) is 4.51. The van der Waals surface area contributed by atoms with Crippen LogP contribution in [0.15, 0.2) is 54.2 Å². The largest absolute Gasteiger partial charge is 0.366 e. The van der Waals surface area contributed by atoms with Crippen LogP contribution in [-0.2, 0) is 9.59 Å². The van der Waals surface area contributed by atoms with Crippen molar-refractivity contribution in [3.05, 3.63) is 70.6 Å². The van der Waals surface area contributed by atoms with Crippen molar-refractivity contribution < 1.29 is 14.0 Å². The lowest BCUT2D eigenvalue weighted by Gasteiger charge is -2.37. The van der Waals surface area contributed by atoms with Crippen LogP contribution in [0.25, 0.3) is 5.57 Å². The molecule has 4 rings (SSSR count). The van der Waals surface area contributed by atoms with Gasteiger partial charge in [0.05, 0.1) is 11.3 Å². The summed E-state index contributed by atoms with van der Waals surface area (Å²) in [4.78, 5) is 29.9. The summed E-state index contributed by atoms with van der Waals surface area (Å²) in [6.45, 7) is 5.70. The van der Waals surface area contributed by atoms with E-state index in [4.69, 9.17) is 11.6 Å². The van der Waals surface area contributed by atoms with Crippen molar-refractivity contribution in [2.24, 2.45) is 11.8 Å². The van der Waals surface area contributed by atoms with Crippen molar-refractivity contribution in [2.45, 2.75) is 20.3 Å². The summed E-state index contributed by atoms with van der Waals surface area (Å²) < 4.78 is 13.8. The molecular formula is C23H22ClFN2O2. The molecule has 0 aliphatic carbocycles. The molecule has 6 heteroatoms. The maximum absolute atomic E-state index is 13.8. The molecule has 150 valence electrons. The van der Waals surface area contributed by atoms with E-state index < -0.39 is 17.6 Å². The summed E-state index contributed by atoms with van der Waals surface area (Å²) in [5.74, 6) is -0.534. The number of carbonyl (C=O) groups excluding carboxylic acids is 2. The number of imide groups is 1. The highest BCUT2D eigenvalue weighted by Gasteiger charge is 2.43. The van der Waals surface area contributed by atoms with Gasteiger partial charge in [-0.3, -0.25) is 9.59 Å². The first kappa shape index (κ1) is 19.6. The van der Waals surface area contributed by atoms with Crippen molar-refractivity contribution in [2.75, 3.05) is 18.0 Å². The topological polar surface area (TPSA) is 40.6 Å². The second kappa shape index (κ2) is 7.64. The van der Waals surface area contributed by atoms with Gasteiger partial charge in [0.25, 0.3) is 11.8 Å². The van der Waals surface area contributed by atoms with Crippen LogP contribution in [-0.4, -0.2) is 29.8 Å². The van der Waals surface area contributed by atoms with E-state index in [1.165, 1.54) is 18.2 Å². The Labute approximate surface area is 174 Å². The molecule has 1 fully saturated rings. The van der Waals surface area contributed by atoms with E-state index in [1.807, 2.05) is 4.90 Å². The normalized spacial score (nSPS) is 22.6. The van der Waals surface area contributed by atoms with Crippen LogP contribution in [0.5, 0.6) is 0 Å². The maximum Gasteiger partial charge on any atom is 0.282 e. The minimum atomic E-state index is -0.496. The van der Waals surface area contributed by atoms with Crippen LogP contribution < -0.4 is 4.90 Å². The molecule has 0 bridgehead atoms. The molecule has 2 aromatic carbocycles. The molecule has 2 aliphatic rings. The predicted molar refractivity (Wildman–Crippen MR) is 112 cm³/mol. The van der Waals surface area contributed by atoms with E-state index in [2.05, 4.69) is 13.8 Å². The first-order valence-corrected chi connectivity index (χ1v) is 10.1. The van der Waals surface area contributed by atoms with Crippen molar-refractivity contribution in [1.29, 1.82) is 0 Å².